The first-order valence-corrected chi connectivity index (χ1v) is 8.63. The first-order valence-electron chi connectivity index (χ1n) is 8.25. The molecule has 0 aliphatic rings. The lowest BCUT2D eigenvalue weighted by Crippen LogP contribution is -2.31. The Bertz CT molecular complexity index is 773. The van der Waals surface area contributed by atoms with Gasteiger partial charge in [0.2, 0.25) is 0 Å². The van der Waals surface area contributed by atoms with Crippen LogP contribution in [0.1, 0.15) is 35.1 Å². The lowest BCUT2D eigenvalue weighted by molar-refractivity contribution is -0.143. The van der Waals surface area contributed by atoms with E-state index in [4.69, 9.17) is 22.1 Å². The molecule has 0 aliphatic heterocycles. The van der Waals surface area contributed by atoms with Gasteiger partial charge in [0.25, 0.3) is 0 Å². The third kappa shape index (κ3) is 6.12. The highest BCUT2D eigenvalue weighted by atomic mass is 35.5. The van der Waals surface area contributed by atoms with Crippen LogP contribution in [-0.2, 0) is 23.7 Å². The maximum atomic E-state index is 12.9. The standard InChI is InChI=1S/C19H18ClF6NO/c1-11(13-3-2-4-16(20)7-13)17(27)10-28-9-12-5-14(18(21,22)23)8-15(6-12)19(24,25)26/h2-8,11,17H,9-10,27H2,1H3. The third-order valence-corrected chi connectivity index (χ3v) is 4.48. The first kappa shape index (κ1) is 22.5. The van der Waals surface area contributed by atoms with E-state index in [0.717, 1.165) is 5.56 Å². The van der Waals surface area contributed by atoms with E-state index in [1.807, 2.05) is 13.0 Å². The Morgan fingerprint density at radius 3 is 2.04 bits per heavy atom. The van der Waals surface area contributed by atoms with Gasteiger partial charge in [-0.25, -0.2) is 0 Å². The van der Waals surface area contributed by atoms with Crippen LogP contribution in [0.4, 0.5) is 26.3 Å². The van der Waals surface area contributed by atoms with Gasteiger partial charge in [0.1, 0.15) is 0 Å². The SMILES string of the molecule is CC(c1cccc(Cl)c1)C(N)COCc1cc(C(F)(F)F)cc(C(F)(F)F)c1. The molecule has 0 aromatic heterocycles. The van der Waals surface area contributed by atoms with Crippen molar-refractivity contribution in [1.82, 2.24) is 0 Å². The third-order valence-electron chi connectivity index (χ3n) is 4.24. The molecule has 2 nitrogen and oxygen atoms in total. The molecule has 9 heteroatoms. The van der Waals surface area contributed by atoms with E-state index in [0.29, 0.717) is 17.2 Å². The van der Waals surface area contributed by atoms with E-state index in [1.54, 1.807) is 18.2 Å². The van der Waals surface area contributed by atoms with Crippen LogP contribution >= 0.6 is 11.6 Å². The molecule has 2 unspecified atom stereocenters. The number of hydrogen-bond acceptors (Lipinski definition) is 2. The van der Waals surface area contributed by atoms with E-state index < -0.39 is 36.1 Å². The summed E-state index contributed by atoms with van der Waals surface area (Å²) in [4.78, 5) is 0. The predicted molar refractivity (Wildman–Crippen MR) is 93.9 cm³/mol. The molecule has 2 rings (SSSR count). The maximum Gasteiger partial charge on any atom is 0.416 e. The van der Waals surface area contributed by atoms with Crippen LogP contribution in [0, 0.1) is 0 Å². The monoisotopic (exact) mass is 425 g/mol. The lowest BCUT2D eigenvalue weighted by Gasteiger charge is -2.21. The summed E-state index contributed by atoms with van der Waals surface area (Å²) in [5.74, 6) is -0.175. The van der Waals surface area contributed by atoms with Crippen LogP contribution in [-0.4, -0.2) is 12.6 Å². The van der Waals surface area contributed by atoms with Crippen LogP contribution in [0.15, 0.2) is 42.5 Å². The van der Waals surface area contributed by atoms with Crippen LogP contribution in [0.25, 0.3) is 0 Å². The Hall–Kier alpha value is -1.77. The fourth-order valence-corrected chi connectivity index (χ4v) is 2.80. The highest BCUT2D eigenvalue weighted by Crippen LogP contribution is 2.36. The van der Waals surface area contributed by atoms with Crippen molar-refractivity contribution >= 4 is 11.6 Å². The number of ether oxygens (including phenoxy) is 1. The average molecular weight is 426 g/mol. The highest BCUT2D eigenvalue weighted by molar-refractivity contribution is 6.30. The van der Waals surface area contributed by atoms with E-state index in [9.17, 15) is 26.3 Å². The van der Waals surface area contributed by atoms with Crippen LogP contribution < -0.4 is 5.73 Å². The molecule has 0 bridgehead atoms. The van der Waals surface area contributed by atoms with Crippen molar-refractivity contribution in [2.24, 2.45) is 5.73 Å². The molecule has 28 heavy (non-hydrogen) atoms. The number of nitrogens with two attached hydrogens (primary N) is 1. The summed E-state index contributed by atoms with van der Waals surface area (Å²) in [6, 6.07) is 7.84. The summed E-state index contributed by atoms with van der Waals surface area (Å²) >= 11 is 5.93. The van der Waals surface area contributed by atoms with Gasteiger partial charge in [-0.2, -0.15) is 26.3 Å². The minimum absolute atomic E-state index is 0.0503. The van der Waals surface area contributed by atoms with Gasteiger partial charge in [0.05, 0.1) is 24.3 Å². The predicted octanol–water partition coefficient (Wildman–Crippen LogP) is 6.03. The van der Waals surface area contributed by atoms with E-state index in [-0.39, 0.29) is 24.2 Å². The quantitative estimate of drug-likeness (QED) is 0.574. The second kappa shape index (κ2) is 8.71. The normalized spacial score (nSPS) is 14.8. The molecule has 0 saturated heterocycles. The number of hydrogen-bond donors (Lipinski definition) is 1. The van der Waals surface area contributed by atoms with Gasteiger partial charge in [0, 0.05) is 11.1 Å². The number of benzene rings is 2. The summed E-state index contributed by atoms with van der Waals surface area (Å²) in [5, 5.41) is 0.529. The van der Waals surface area contributed by atoms with Crippen molar-refractivity contribution in [3.05, 3.63) is 69.7 Å². The van der Waals surface area contributed by atoms with E-state index in [2.05, 4.69) is 0 Å². The van der Waals surface area contributed by atoms with Gasteiger partial charge in [0.15, 0.2) is 0 Å². The Labute approximate surface area is 163 Å². The van der Waals surface area contributed by atoms with Crippen molar-refractivity contribution in [1.29, 1.82) is 0 Å². The fourth-order valence-electron chi connectivity index (χ4n) is 2.60. The Morgan fingerprint density at radius 1 is 0.964 bits per heavy atom. The molecule has 0 aliphatic carbocycles. The molecule has 0 radical (unpaired) electrons. The number of rotatable bonds is 6. The second-order valence-corrected chi connectivity index (χ2v) is 6.87. The van der Waals surface area contributed by atoms with Gasteiger partial charge in [-0.3, -0.25) is 0 Å². The molecule has 0 spiro atoms. The van der Waals surface area contributed by atoms with Crippen LogP contribution in [0.5, 0.6) is 0 Å². The van der Waals surface area contributed by atoms with Crippen molar-refractivity contribution in [2.75, 3.05) is 6.61 Å². The van der Waals surface area contributed by atoms with Gasteiger partial charge in [-0.1, -0.05) is 30.7 Å². The molecule has 0 heterocycles. The summed E-state index contributed by atoms with van der Waals surface area (Å²) in [6.45, 7) is 1.35. The van der Waals surface area contributed by atoms with Gasteiger partial charge < -0.3 is 10.5 Å². The first-order chi connectivity index (χ1) is 12.9. The van der Waals surface area contributed by atoms with Crippen molar-refractivity contribution < 1.29 is 31.1 Å². The van der Waals surface area contributed by atoms with Crippen LogP contribution in [0.3, 0.4) is 0 Å². The molecule has 0 saturated carbocycles. The molecular formula is C19H18ClF6NO. The fraction of sp³-hybridized carbons (Fsp3) is 0.368. The van der Waals surface area contributed by atoms with Crippen molar-refractivity contribution in [3.63, 3.8) is 0 Å². The smallest absolute Gasteiger partial charge is 0.375 e. The minimum Gasteiger partial charge on any atom is -0.375 e. The summed E-state index contributed by atoms with van der Waals surface area (Å²) < 4.78 is 82.5. The Kier molecular flexibility index (Phi) is 7.01. The van der Waals surface area contributed by atoms with Crippen molar-refractivity contribution in [2.45, 2.75) is 37.8 Å². The molecule has 0 amide bonds. The second-order valence-electron chi connectivity index (χ2n) is 6.44. The molecule has 2 N–H and O–H groups in total. The molecule has 2 atom stereocenters. The van der Waals surface area contributed by atoms with Gasteiger partial charge in [-0.15, -0.1) is 0 Å². The summed E-state index contributed by atoms with van der Waals surface area (Å²) in [6.07, 6.45) is -9.79. The highest BCUT2D eigenvalue weighted by Gasteiger charge is 2.36. The van der Waals surface area contributed by atoms with Gasteiger partial charge >= 0.3 is 12.4 Å². The molecule has 0 fully saturated rings. The summed E-state index contributed by atoms with van der Waals surface area (Å²) in [7, 11) is 0. The lowest BCUT2D eigenvalue weighted by atomic mass is 9.94. The molecular weight excluding hydrogens is 408 g/mol. The topological polar surface area (TPSA) is 35.2 Å². The zero-order valence-electron chi connectivity index (χ0n) is 14.7. The summed E-state index contributed by atoms with van der Waals surface area (Å²) in [5.41, 5.74) is 3.90. The minimum atomic E-state index is -4.90. The molecule has 2 aromatic carbocycles. The Morgan fingerprint density at radius 2 is 1.54 bits per heavy atom. The molecule has 2 aromatic rings. The Balaban J connectivity index is 2.07. The van der Waals surface area contributed by atoms with Gasteiger partial charge in [-0.05, 0) is 47.4 Å². The number of halogens is 7. The molecule has 154 valence electrons. The zero-order valence-corrected chi connectivity index (χ0v) is 15.5. The maximum absolute atomic E-state index is 12.9. The van der Waals surface area contributed by atoms with Crippen LogP contribution in [0.2, 0.25) is 5.02 Å². The van der Waals surface area contributed by atoms with E-state index in [1.165, 1.54) is 0 Å². The average Bonchev–Trinajstić information content (AvgIpc) is 2.59. The van der Waals surface area contributed by atoms with Crippen molar-refractivity contribution in [3.8, 4) is 0 Å². The largest absolute Gasteiger partial charge is 0.416 e. The zero-order chi connectivity index (χ0) is 21.1. The van der Waals surface area contributed by atoms with E-state index >= 15 is 0 Å². The number of alkyl halides is 6.